The van der Waals surface area contributed by atoms with E-state index in [0.717, 1.165) is 29.3 Å². The van der Waals surface area contributed by atoms with Crippen LogP contribution in [0.25, 0.3) is 10.4 Å². The minimum absolute atomic E-state index is 0.0371. The first-order chi connectivity index (χ1) is 11.1. The minimum Gasteiger partial charge on any atom is -0.323 e. The molecule has 0 spiro atoms. The van der Waals surface area contributed by atoms with Gasteiger partial charge in [0.05, 0.1) is 4.88 Å². The molecule has 1 N–H and O–H groups in total. The number of rotatable bonds is 3. The van der Waals surface area contributed by atoms with Gasteiger partial charge in [-0.1, -0.05) is 55.5 Å². The van der Waals surface area contributed by atoms with E-state index in [2.05, 4.69) is 24.1 Å². The standard InChI is InChI=1S/C17H21N3OS2/c1-12(2)15-11-20(8-9-22-15)17(21)19-16-18-10-14(23-16)13-6-4-3-5-7-13/h3-7,10,12,15H,8-9,11H2,1-2H3,(H,18,19,21). The third-order valence-corrected chi connectivity index (χ3v) is 6.40. The number of nitrogens with zero attached hydrogens (tertiary/aromatic N) is 2. The van der Waals surface area contributed by atoms with Crippen LogP contribution >= 0.6 is 23.1 Å². The lowest BCUT2D eigenvalue weighted by molar-refractivity contribution is 0.211. The predicted octanol–water partition coefficient (Wildman–Crippen LogP) is 4.42. The smallest absolute Gasteiger partial charge is 0.323 e. The molecule has 1 aliphatic heterocycles. The first-order valence-corrected chi connectivity index (χ1v) is 9.69. The van der Waals surface area contributed by atoms with E-state index in [9.17, 15) is 4.79 Å². The van der Waals surface area contributed by atoms with Gasteiger partial charge in [-0.2, -0.15) is 11.8 Å². The topological polar surface area (TPSA) is 45.2 Å². The molecule has 2 amide bonds. The predicted molar refractivity (Wildman–Crippen MR) is 99.2 cm³/mol. The SMILES string of the molecule is CC(C)C1CN(C(=O)Nc2ncc(-c3ccccc3)s2)CCS1. The second kappa shape index (κ2) is 7.36. The summed E-state index contributed by atoms with van der Waals surface area (Å²) in [5.74, 6) is 1.59. The fraction of sp³-hybridized carbons (Fsp3) is 0.412. The van der Waals surface area contributed by atoms with Gasteiger partial charge in [0.25, 0.3) is 0 Å². The van der Waals surface area contributed by atoms with Gasteiger partial charge in [-0.15, -0.1) is 0 Å². The lowest BCUT2D eigenvalue weighted by atomic mass is 10.1. The van der Waals surface area contributed by atoms with Crippen molar-refractivity contribution in [2.75, 3.05) is 24.2 Å². The quantitative estimate of drug-likeness (QED) is 0.894. The summed E-state index contributed by atoms with van der Waals surface area (Å²) in [6.07, 6.45) is 1.82. The summed E-state index contributed by atoms with van der Waals surface area (Å²) in [4.78, 5) is 19.8. The Morgan fingerprint density at radius 1 is 1.35 bits per heavy atom. The fourth-order valence-electron chi connectivity index (χ4n) is 2.50. The average Bonchev–Trinajstić information content (AvgIpc) is 3.04. The second-order valence-corrected chi connectivity index (χ2v) is 8.30. The maximum Gasteiger partial charge on any atom is 0.323 e. The third-order valence-electron chi connectivity index (χ3n) is 3.90. The Hall–Kier alpha value is -1.53. The molecule has 0 saturated carbocycles. The number of carbonyl (C=O) groups is 1. The summed E-state index contributed by atoms with van der Waals surface area (Å²) in [6.45, 7) is 6.04. The summed E-state index contributed by atoms with van der Waals surface area (Å²) in [5.41, 5.74) is 1.12. The van der Waals surface area contributed by atoms with E-state index in [4.69, 9.17) is 0 Å². The normalized spacial score (nSPS) is 18.2. The highest BCUT2D eigenvalue weighted by molar-refractivity contribution is 8.00. The molecule has 2 heterocycles. The van der Waals surface area contributed by atoms with Gasteiger partial charge in [0, 0.05) is 30.3 Å². The lowest BCUT2D eigenvalue weighted by Gasteiger charge is -2.34. The van der Waals surface area contributed by atoms with Crippen LogP contribution in [0.5, 0.6) is 0 Å². The highest BCUT2D eigenvalue weighted by Gasteiger charge is 2.26. The van der Waals surface area contributed by atoms with Crippen molar-refractivity contribution in [1.29, 1.82) is 0 Å². The molecule has 1 atom stereocenters. The Kier molecular flexibility index (Phi) is 5.23. The van der Waals surface area contributed by atoms with Crippen molar-refractivity contribution in [1.82, 2.24) is 9.88 Å². The van der Waals surface area contributed by atoms with Gasteiger partial charge in [-0.25, -0.2) is 9.78 Å². The fourth-order valence-corrected chi connectivity index (χ4v) is 4.61. The van der Waals surface area contributed by atoms with Gasteiger partial charge in [0.15, 0.2) is 5.13 Å². The number of anilines is 1. The van der Waals surface area contributed by atoms with Crippen molar-refractivity contribution in [3.05, 3.63) is 36.5 Å². The first kappa shape index (κ1) is 16.3. The van der Waals surface area contributed by atoms with E-state index in [0.29, 0.717) is 16.3 Å². The molecule has 1 saturated heterocycles. The van der Waals surface area contributed by atoms with Gasteiger partial charge in [-0.3, -0.25) is 5.32 Å². The molecule has 0 aliphatic carbocycles. The largest absolute Gasteiger partial charge is 0.323 e. The molecule has 122 valence electrons. The van der Waals surface area contributed by atoms with E-state index in [1.807, 2.05) is 53.2 Å². The number of carbonyl (C=O) groups excluding carboxylic acids is 1. The number of hydrogen-bond donors (Lipinski definition) is 1. The molecule has 6 heteroatoms. The molecule has 1 aliphatic rings. The highest BCUT2D eigenvalue weighted by Crippen LogP contribution is 2.29. The van der Waals surface area contributed by atoms with Gasteiger partial charge < -0.3 is 4.90 Å². The Morgan fingerprint density at radius 3 is 2.87 bits per heavy atom. The molecule has 0 bridgehead atoms. The summed E-state index contributed by atoms with van der Waals surface area (Å²) in [5, 5.41) is 4.13. The number of thiazole rings is 1. The molecule has 4 nitrogen and oxygen atoms in total. The Morgan fingerprint density at radius 2 is 2.13 bits per heavy atom. The van der Waals surface area contributed by atoms with Crippen molar-refractivity contribution in [3.8, 4) is 10.4 Å². The molecule has 1 unspecified atom stereocenters. The van der Waals surface area contributed by atoms with Crippen molar-refractivity contribution < 1.29 is 4.79 Å². The number of aromatic nitrogens is 1. The van der Waals surface area contributed by atoms with Crippen molar-refractivity contribution in [3.63, 3.8) is 0 Å². The van der Waals surface area contributed by atoms with Crippen LogP contribution in [0.2, 0.25) is 0 Å². The average molecular weight is 348 g/mol. The molecule has 1 aromatic heterocycles. The molecule has 23 heavy (non-hydrogen) atoms. The number of amides is 2. The highest BCUT2D eigenvalue weighted by atomic mass is 32.2. The maximum atomic E-state index is 12.5. The maximum absolute atomic E-state index is 12.5. The molecule has 0 radical (unpaired) electrons. The number of benzene rings is 1. The van der Waals surface area contributed by atoms with Crippen LogP contribution in [0.4, 0.5) is 9.93 Å². The molecular weight excluding hydrogens is 326 g/mol. The molecule has 1 aromatic carbocycles. The van der Waals surface area contributed by atoms with Crippen LogP contribution in [0.1, 0.15) is 13.8 Å². The molecule has 1 fully saturated rings. The number of thioether (sulfide) groups is 1. The van der Waals surface area contributed by atoms with Gasteiger partial charge >= 0.3 is 6.03 Å². The van der Waals surface area contributed by atoms with E-state index in [1.165, 1.54) is 11.3 Å². The van der Waals surface area contributed by atoms with Crippen LogP contribution < -0.4 is 5.32 Å². The Balaban J connectivity index is 1.63. The number of nitrogens with one attached hydrogen (secondary N) is 1. The van der Waals surface area contributed by atoms with Gasteiger partial charge in [0.2, 0.25) is 0 Å². The first-order valence-electron chi connectivity index (χ1n) is 7.82. The Bertz CT molecular complexity index is 657. The molecular formula is C17H21N3OS2. The zero-order chi connectivity index (χ0) is 16.2. The van der Waals surface area contributed by atoms with Crippen LogP contribution in [0, 0.1) is 5.92 Å². The lowest BCUT2D eigenvalue weighted by Crippen LogP contribution is -2.45. The summed E-state index contributed by atoms with van der Waals surface area (Å²) >= 11 is 3.48. The van der Waals surface area contributed by atoms with Crippen molar-refractivity contribution >= 4 is 34.3 Å². The van der Waals surface area contributed by atoms with E-state index < -0.39 is 0 Å². The van der Waals surface area contributed by atoms with E-state index >= 15 is 0 Å². The van der Waals surface area contributed by atoms with Crippen LogP contribution in [-0.4, -0.2) is 40.0 Å². The van der Waals surface area contributed by atoms with Crippen LogP contribution in [-0.2, 0) is 0 Å². The Labute approximate surface area is 145 Å². The zero-order valence-corrected chi connectivity index (χ0v) is 15.0. The number of hydrogen-bond acceptors (Lipinski definition) is 4. The summed E-state index contributed by atoms with van der Waals surface area (Å²) < 4.78 is 0. The van der Waals surface area contributed by atoms with Crippen LogP contribution in [0.3, 0.4) is 0 Å². The molecule has 3 rings (SSSR count). The molecule has 2 aromatic rings. The van der Waals surface area contributed by atoms with Crippen LogP contribution in [0.15, 0.2) is 36.5 Å². The van der Waals surface area contributed by atoms with Gasteiger partial charge in [0.1, 0.15) is 0 Å². The monoisotopic (exact) mass is 347 g/mol. The zero-order valence-electron chi connectivity index (χ0n) is 13.4. The van der Waals surface area contributed by atoms with Crippen molar-refractivity contribution in [2.24, 2.45) is 5.92 Å². The summed E-state index contributed by atoms with van der Waals surface area (Å²) in [6, 6.07) is 10.1. The van der Waals surface area contributed by atoms with E-state index in [-0.39, 0.29) is 6.03 Å². The van der Waals surface area contributed by atoms with Crippen molar-refractivity contribution in [2.45, 2.75) is 19.1 Å². The minimum atomic E-state index is -0.0371. The van der Waals surface area contributed by atoms with E-state index in [1.54, 1.807) is 0 Å². The van der Waals surface area contributed by atoms with Gasteiger partial charge in [-0.05, 0) is 11.5 Å². The third kappa shape index (κ3) is 4.06. The summed E-state index contributed by atoms with van der Waals surface area (Å²) in [7, 11) is 0. The second-order valence-electron chi connectivity index (χ2n) is 5.93. The number of urea groups is 1.